The van der Waals surface area contributed by atoms with Crippen LogP contribution in [0, 0.1) is 5.82 Å². The molecule has 2 aromatic carbocycles. The Bertz CT molecular complexity index is 612. The van der Waals surface area contributed by atoms with Gasteiger partial charge >= 0.3 is 0 Å². The van der Waals surface area contributed by atoms with E-state index < -0.39 is 5.91 Å². The molecule has 2 aromatic rings. The molecule has 0 bridgehead atoms. The smallest absolute Gasteiger partial charge is 0.248 e. The summed E-state index contributed by atoms with van der Waals surface area (Å²) in [5, 5.41) is 0. The summed E-state index contributed by atoms with van der Waals surface area (Å²) in [6, 6.07) is 11.2. The van der Waals surface area contributed by atoms with E-state index in [4.69, 9.17) is 16.2 Å². The molecule has 0 spiro atoms. The average molecular weight is 274 g/mol. The third-order valence-corrected chi connectivity index (χ3v) is 2.89. The molecule has 20 heavy (non-hydrogen) atoms. The van der Waals surface area contributed by atoms with Crippen molar-refractivity contribution in [1.29, 1.82) is 0 Å². The van der Waals surface area contributed by atoms with Crippen LogP contribution in [0.1, 0.15) is 21.5 Å². The van der Waals surface area contributed by atoms with Crippen molar-refractivity contribution in [2.24, 2.45) is 11.5 Å². The first kappa shape index (κ1) is 14.0. The lowest BCUT2D eigenvalue weighted by molar-refractivity contribution is 0.100. The second kappa shape index (κ2) is 6.16. The fourth-order valence-corrected chi connectivity index (χ4v) is 1.71. The minimum atomic E-state index is -0.500. The SMILES string of the molecule is NCc1ccc(COc2ccc(C(N)=O)cc2)c(F)c1. The van der Waals surface area contributed by atoms with E-state index in [1.807, 2.05) is 0 Å². The van der Waals surface area contributed by atoms with Crippen LogP contribution in [-0.2, 0) is 13.2 Å². The second-order valence-corrected chi connectivity index (χ2v) is 4.31. The highest BCUT2D eigenvalue weighted by Crippen LogP contribution is 2.16. The van der Waals surface area contributed by atoms with Crippen LogP contribution in [0.25, 0.3) is 0 Å². The molecule has 0 aliphatic carbocycles. The predicted octanol–water partition coefficient (Wildman–Crippen LogP) is 1.96. The van der Waals surface area contributed by atoms with Crippen LogP contribution in [0.2, 0.25) is 0 Å². The molecule has 4 N–H and O–H groups in total. The summed E-state index contributed by atoms with van der Waals surface area (Å²) < 4.78 is 19.2. The van der Waals surface area contributed by atoms with E-state index in [9.17, 15) is 9.18 Å². The lowest BCUT2D eigenvalue weighted by atomic mass is 10.1. The van der Waals surface area contributed by atoms with E-state index in [1.165, 1.54) is 6.07 Å². The molecule has 0 aliphatic heterocycles. The zero-order valence-corrected chi connectivity index (χ0v) is 10.8. The first-order valence-corrected chi connectivity index (χ1v) is 6.10. The highest BCUT2D eigenvalue weighted by molar-refractivity contribution is 5.92. The summed E-state index contributed by atoms with van der Waals surface area (Å²) in [5.74, 6) is -0.307. The summed E-state index contributed by atoms with van der Waals surface area (Å²) in [4.78, 5) is 10.9. The minimum Gasteiger partial charge on any atom is -0.489 e. The summed E-state index contributed by atoms with van der Waals surface area (Å²) in [6.07, 6.45) is 0. The Labute approximate surface area is 116 Å². The van der Waals surface area contributed by atoms with Gasteiger partial charge in [0.1, 0.15) is 18.2 Å². The zero-order valence-electron chi connectivity index (χ0n) is 10.8. The Morgan fingerprint density at radius 1 is 1.15 bits per heavy atom. The van der Waals surface area contributed by atoms with Gasteiger partial charge in [0.05, 0.1) is 0 Å². The molecule has 104 valence electrons. The first-order chi connectivity index (χ1) is 9.60. The van der Waals surface area contributed by atoms with Gasteiger partial charge in [0.2, 0.25) is 5.91 Å². The molecule has 0 aromatic heterocycles. The number of halogens is 1. The monoisotopic (exact) mass is 274 g/mol. The Kier molecular flexibility index (Phi) is 4.32. The van der Waals surface area contributed by atoms with Gasteiger partial charge in [-0.05, 0) is 35.9 Å². The quantitative estimate of drug-likeness (QED) is 0.874. The number of nitrogens with two attached hydrogens (primary N) is 2. The molecule has 0 aliphatic rings. The number of hydrogen-bond donors (Lipinski definition) is 2. The van der Waals surface area contributed by atoms with Crippen LogP contribution < -0.4 is 16.2 Å². The molecule has 0 atom stereocenters. The van der Waals surface area contributed by atoms with Gasteiger partial charge in [-0.2, -0.15) is 0 Å². The van der Waals surface area contributed by atoms with Gasteiger partial charge in [-0.3, -0.25) is 4.79 Å². The molecule has 0 saturated heterocycles. The molecule has 0 fully saturated rings. The van der Waals surface area contributed by atoms with Crippen molar-refractivity contribution in [3.05, 3.63) is 65.0 Å². The van der Waals surface area contributed by atoms with E-state index >= 15 is 0 Å². The fraction of sp³-hybridized carbons (Fsp3) is 0.133. The molecule has 0 heterocycles. The Morgan fingerprint density at radius 2 is 1.85 bits per heavy atom. The average Bonchev–Trinajstić information content (AvgIpc) is 2.46. The molecule has 0 saturated carbocycles. The molecule has 0 radical (unpaired) electrons. The summed E-state index contributed by atoms with van der Waals surface area (Å²) in [7, 11) is 0. The van der Waals surface area contributed by atoms with Gasteiger partial charge in [-0.25, -0.2) is 4.39 Å². The largest absolute Gasteiger partial charge is 0.489 e. The van der Waals surface area contributed by atoms with Crippen molar-refractivity contribution in [2.45, 2.75) is 13.2 Å². The number of amides is 1. The van der Waals surface area contributed by atoms with Crippen molar-refractivity contribution in [3.63, 3.8) is 0 Å². The molecule has 1 amide bonds. The molecule has 2 rings (SSSR count). The number of rotatable bonds is 5. The van der Waals surface area contributed by atoms with Crippen LogP contribution in [0.5, 0.6) is 5.75 Å². The van der Waals surface area contributed by atoms with Crippen LogP contribution in [-0.4, -0.2) is 5.91 Å². The summed E-state index contributed by atoms with van der Waals surface area (Å²) in [5.41, 5.74) is 12.2. The van der Waals surface area contributed by atoms with Gasteiger partial charge in [-0.1, -0.05) is 12.1 Å². The standard InChI is InChI=1S/C15H15FN2O2/c16-14-7-10(8-17)1-2-12(14)9-20-13-5-3-11(4-6-13)15(18)19/h1-7H,8-9,17H2,(H2,18,19). The van der Waals surface area contributed by atoms with Crippen LogP contribution >= 0.6 is 0 Å². The van der Waals surface area contributed by atoms with Crippen molar-refractivity contribution < 1.29 is 13.9 Å². The topological polar surface area (TPSA) is 78.3 Å². The minimum absolute atomic E-state index is 0.104. The second-order valence-electron chi connectivity index (χ2n) is 4.31. The number of carbonyl (C=O) groups is 1. The van der Waals surface area contributed by atoms with Gasteiger partial charge in [0, 0.05) is 17.7 Å². The third-order valence-electron chi connectivity index (χ3n) is 2.89. The van der Waals surface area contributed by atoms with Crippen molar-refractivity contribution in [2.75, 3.05) is 0 Å². The fourth-order valence-electron chi connectivity index (χ4n) is 1.71. The number of carbonyl (C=O) groups excluding carboxylic acids is 1. The maximum Gasteiger partial charge on any atom is 0.248 e. The molecule has 0 unspecified atom stereocenters. The maximum atomic E-state index is 13.7. The molecule has 5 heteroatoms. The summed E-state index contributed by atoms with van der Waals surface area (Å²) >= 11 is 0. The van der Waals surface area contributed by atoms with Crippen LogP contribution in [0.15, 0.2) is 42.5 Å². The Hall–Kier alpha value is -2.40. The maximum absolute atomic E-state index is 13.7. The number of hydrogen-bond acceptors (Lipinski definition) is 3. The van der Waals surface area contributed by atoms with Crippen molar-refractivity contribution >= 4 is 5.91 Å². The number of ether oxygens (including phenoxy) is 1. The Balaban J connectivity index is 2.03. The third kappa shape index (κ3) is 3.33. The molecule has 4 nitrogen and oxygen atoms in total. The lowest BCUT2D eigenvalue weighted by Gasteiger charge is -2.08. The normalized spacial score (nSPS) is 10.3. The van der Waals surface area contributed by atoms with Gasteiger partial charge < -0.3 is 16.2 Å². The number of primary amides is 1. The van der Waals surface area contributed by atoms with E-state index in [1.54, 1.807) is 36.4 Å². The van der Waals surface area contributed by atoms with Crippen molar-refractivity contribution in [1.82, 2.24) is 0 Å². The molecular weight excluding hydrogens is 259 g/mol. The van der Waals surface area contributed by atoms with Crippen LogP contribution in [0.3, 0.4) is 0 Å². The van der Waals surface area contributed by atoms with E-state index in [0.29, 0.717) is 23.4 Å². The van der Waals surface area contributed by atoms with Gasteiger partial charge in [-0.15, -0.1) is 0 Å². The lowest BCUT2D eigenvalue weighted by Crippen LogP contribution is -2.10. The van der Waals surface area contributed by atoms with Gasteiger partial charge in [0.15, 0.2) is 0 Å². The molecular formula is C15H15FN2O2. The first-order valence-electron chi connectivity index (χ1n) is 6.10. The van der Waals surface area contributed by atoms with E-state index in [0.717, 1.165) is 5.56 Å². The zero-order chi connectivity index (χ0) is 14.5. The highest BCUT2D eigenvalue weighted by atomic mass is 19.1. The highest BCUT2D eigenvalue weighted by Gasteiger charge is 2.05. The van der Waals surface area contributed by atoms with Gasteiger partial charge in [0.25, 0.3) is 0 Å². The Morgan fingerprint density at radius 3 is 2.40 bits per heavy atom. The van der Waals surface area contributed by atoms with Crippen molar-refractivity contribution in [3.8, 4) is 5.75 Å². The van der Waals surface area contributed by atoms with Crippen LogP contribution in [0.4, 0.5) is 4.39 Å². The summed E-state index contributed by atoms with van der Waals surface area (Å²) in [6.45, 7) is 0.402. The number of benzene rings is 2. The predicted molar refractivity (Wildman–Crippen MR) is 73.6 cm³/mol. The van der Waals surface area contributed by atoms with E-state index in [2.05, 4.69) is 0 Å². The van der Waals surface area contributed by atoms with E-state index in [-0.39, 0.29) is 12.4 Å².